The standard InChI is InChI=1S/C7H5ClFO/c8-4-5-2-1-3-6(10)7(5)9/h1-3H,4H2. The second-order valence-corrected chi connectivity index (χ2v) is 2.13. The van der Waals surface area contributed by atoms with E-state index in [4.69, 9.17) is 11.6 Å². The molecular weight excluding hydrogens is 155 g/mol. The van der Waals surface area contributed by atoms with E-state index in [0.717, 1.165) is 0 Å². The molecule has 1 aromatic carbocycles. The van der Waals surface area contributed by atoms with Gasteiger partial charge in [-0.25, -0.2) is 4.39 Å². The third-order valence-electron chi connectivity index (χ3n) is 1.19. The molecule has 0 aliphatic heterocycles. The summed E-state index contributed by atoms with van der Waals surface area (Å²) in [6.45, 7) is 0. The Balaban J connectivity index is 3.14. The monoisotopic (exact) mass is 159 g/mol. The highest BCUT2D eigenvalue weighted by molar-refractivity contribution is 6.17. The minimum absolute atomic E-state index is 0.0436. The molecule has 0 heterocycles. The van der Waals surface area contributed by atoms with Crippen molar-refractivity contribution in [3.8, 4) is 5.75 Å². The van der Waals surface area contributed by atoms with Crippen molar-refractivity contribution in [3.63, 3.8) is 0 Å². The Morgan fingerprint density at radius 3 is 2.70 bits per heavy atom. The van der Waals surface area contributed by atoms with Gasteiger partial charge < -0.3 is 0 Å². The van der Waals surface area contributed by atoms with Crippen molar-refractivity contribution in [2.24, 2.45) is 0 Å². The van der Waals surface area contributed by atoms with Gasteiger partial charge in [0.15, 0.2) is 5.82 Å². The molecule has 1 radical (unpaired) electrons. The Hall–Kier alpha value is -0.760. The lowest BCUT2D eigenvalue weighted by Gasteiger charge is -1.95. The second kappa shape index (κ2) is 2.88. The minimum atomic E-state index is -0.738. The molecule has 3 heteroatoms. The van der Waals surface area contributed by atoms with Crippen LogP contribution in [0.15, 0.2) is 18.2 Å². The summed E-state index contributed by atoms with van der Waals surface area (Å²) in [5.41, 5.74) is 0.258. The highest BCUT2D eigenvalue weighted by Crippen LogP contribution is 2.20. The molecule has 0 fully saturated rings. The van der Waals surface area contributed by atoms with Gasteiger partial charge in [-0.15, -0.1) is 11.6 Å². The predicted octanol–water partition coefficient (Wildman–Crippen LogP) is 2.71. The summed E-state index contributed by atoms with van der Waals surface area (Å²) < 4.78 is 12.6. The molecule has 0 saturated heterocycles. The van der Waals surface area contributed by atoms with Crippen LogP contribution >= 0.6 is 11.6 Å². The van der Waals surface area contributed by atoms with Gasteiger partial charge in [-0.05, 0) is 6.07 Å². The van der Waals surface area contributed by atoms with E-state index in [-0.39, 0.29) is 11.4 Å². The fourth-order valence-corrected chi connectivity index (χ4v) is 0.866. The minimum Gasteiger partial charge on any atom is -0.287 e. The average Bonchev–Trinajstić information content (AvgIpc) is 1.95. The van der Waals surface area contributed by atoms with E-state index in [9.17, 15) is 9.50 Å². The van der Waals surface area contributed by atoms with E-state index in [2.05, 4.69) is 0 Å². The van der Waals surface area contributed by atoms with Crippen LogP contribution in [-0.4, -0.2) is 0 Å². The van der Waals surface area contributed by atoms with Crippen molar-refractivity contribution in [2.75, 3.05) is 0 Å². The van der Waals surface area contributed by atoms with Crippen LogP contribution in [0.4, 0.5) is 4.39 Å². The molecule has 0 aromatic heterocycles. The van der Waals surface area contributed by atoms with Crippen LogP contribution < -0.4 is 0 Å². The molecule has 0 aliphatic carbocycles. The number of hydrogen-bond donors (Lipinski definition) is 0. The Labute approximate surface area is 63.1 Å². The zero-order chi connectivity index (χ0) is 7.56. The quantitative estimate of drug-likeness (QED) is 0.562. The van der Waals surface area contributed by atoms with E-state index in [0.29, 0.717) is 0 Å². The van der Waals surface area contributed by atoms with Crippen molar-refractivity contribution in [3.05, 3.63) is 29.6 Å². The van der Waals surface area contributed by atoms with Gasteiger partial charge >= 0.3 is 0 Å². The van der Waals surface area contributed by atoms with E-state index >= 15 is 0 Å². The SMILES string of the molecule is [O]c1cccc(CCl)c1F. The van der Waals surface area contributed by atoms with Crippen LogP contribution in [0.25, 0.3) is 0 Å². The molecule has 0 aliphatic rings. The molecule has 10 heavy (non-hydrogen) atoms. The van der Waals surface area contributed by atoms with Crippen molar-refractivity contribution >= 4 is 11.6 Å². The van der Waals surface area contributed by atoms with Crippen molar-refractivity contribution in [1.82, 2.24) is 0 Å². The lowest BCUT2D eigenvalue weighted by atomic mass is 10.2. The predicted molar refractivity (Wildman–Crippen MR) is 36.1 cm³/mol. The van der Waals surface area contributed by atoms with E-state index in [1.165, 1.54) is 18.2 Å². The molecule has 0 N–H and O–H groups in total. The van der Waals surface area contributed by atoms with Crippen LogP contribution in [0, 0.1) is 5.82 Å². The first-order valence-electron chi connectivity index (χ1n) is 2.76. The number of alkyl halides is 1. The van der Waals surface area contributed by atoms with E-state index < -0.39 is 11.6 Å². The fourth-order valence-electron chi connectivity index (χ4n) is 0.659. The van der Waals surface area contributed by atoms with Crippen LogP contribution in [0.2, 0.25) is 0 Å². The zero-order valence-electron chi connectivity index (χ0n) is 5.10. The summed E-state index contributed by atoms with van der Waals surface area (Å²) in [4.78, 5) is 0. The molecule has 1 nitrogen and oxygen atoms in total. The van der Waals surface area contributed by atoms with Crippen LogP contribution in [0.3, 0.4) is 0 Å². The van der Waals surface area contributed by atoms with Crippen LogP contribution in [0.1, 0.15) is 5.56 Å². The van der Waals surface area contributed by atoms with Crippen LogP contribution in [0.5, 0.6) is 5.75 Å². The first-order valence-corrected chi connectivity index (χ1v) is 3.29. The molecule has 0 atom stereocenters. The number of rotatable bonds is 1. The maximum Gasteiger partial charge on any atom is 0.214 e. The molecule has 0 bridgehead atoms. The Morgan fingerprint density at radius 1 is 1.50 bits per heavy atom. The Kier molecular flexibility index (Phi) is 2.12. The van der Waals surface area contributed by atoms with Gasteiger partial charge in [-0.1, -0.05) is 12.1 Å². The first-order chi connectivity index (χ1) is 4.75. The molecule has 1 aromatic rings. The average molecular weight is 160 g/mol. The molecule has 0 amide bonds. The normalized spacial score (nSPS) is 9.80. The molecular formula is C7H5ClFO. The van der Waals surface area contributed by atoms with Crippen molar-refractivity contribution < 1.29 is 9.50 Å². The van der Waals surface area contributed by atoms with Gasteiger partial charge in [0.2, 0.25) is 5.75 Å². The lowest BCUT2D eigenvalue weighted by Crippen LogP contribution is -1.83. The summed E-state index contributed by atoms with van der Waals surface area (Å²) >= 11 is 5.33. The third-order valence-corrected chi connectivity index (χ3v) is 1.48. The van der Waals surface area contributed by atoms with Crippen LogP contribution in [-0.2, 0) is 11.0 Å². The summed E-state index contributed by atoms with van der Waals surface area (Å²) in [6, 6.07) is 4.15. The first kappa shape index (κ1) is 7.35. The number of hydrogen-bond acceptors (Lipinski definition) is 0. The number of halogens is 2. The van der Waals surface area contributed by atoms with Gasteiger partial charge in [-0.3, -0.25) is 5.11 Å². The van der Waals surface area contributed by atoms with Gasteiger partial charge in [0, 0.05) is 5.56 Å². The second-order valence-electron chi connectivity index (χ2n) is 1.86. The fraction of sp³-hybridized carbons (Fsp3) is 0.143. The Bertz CT molecular complexity index is 237. The molecule has 0 saturated carbocycles. The molecule has 53 valence electrons. The van der Waals surface area contributed by atoms with E-state index in [1.807, 2.05) is 0 Å². The van der Waals surface area contributed by atoms with E-state index in [1.54, 1.807) is 0 Å². The smallest absolute Gasteiger partial charge is 0.214 e. The molecule has 0 spiro atoms. The summed E-state index contributed by atoms with van der Waals surface area (Å²) in [5, 5.41) is 10.6. The highest BCUT2D eigenvalue weighted by atomic mass is 35.5. The van der Waals surface area contributed by atoms with Crippen molar-refractivity contribution in [1.29, 1.82) is 0 Å². The Morgan fingerprint density at radius 2 is 2.20 bits per heavy atom. The number of benzene rings is 1. The van der Waals surface area contributed by atoms with Gasteiger partial charge in [0.05, 0.1) is 5.88 Å². The third kappa shape index (κ3) is 1.21. The van der Waals surface area contributed by atoms with Gasteiger partial charge in [-0.2, -0.15) is 0 Å². The summed E-state index contributed by atoms with van der Waals surface area (Å²) in [5.74, 6) is -1.29. The van der Waals surface area contributed by atoms with Crippen molar-refractivity contribution in [2.45, 2.75) is 5.88 Å². The topological polar surface area (TPSA) is 19.9 Å². The maximum absolute atomic E-state index is 12.6. The maximum atomic E-state index is 12.6. The van der Waals surface area contributed by atoms with Gasteiger partial charge in [0.1, 0.15) is 0 Å². The highest BCUT2D eigenvalue weighted by Gasteiger charge is 2.05. The summed E-state index contributed by atoms with van der Waals surface area (Å²) in [6.07, 6.45) is 0. The molecule has 0 unspecified atom stereocenters. The zero-order valence-corrected chi connectivity index (χ0v) is 5.86. The lowest BCUT2D eigenvalue weighted by molar-refractivity contribution is 0.329. The van der Waals surface area contributed by atoms with Gasteiger partial charge in [0.25, 0.3) is 0 Å². The largest absolute Gasteiger partial charge is 0.287 e. The summed E-state index contributed by atoms with van der Waals surface area (Å²) in [7, 11) is 0. The molecule has 1 rings (SSSR count).